The van der Waals surface area contributed by atoms with Gasteiger partial charge in [0.15, 0.2) is 0 Å². The van der Waals surface area contributed by atoms with E-state index in [2.05, 4.69) is 5.32 Å². The number of esters is 1. The monoisotopic (exact) mass is 442 g/mol. The number of amides is 1. The summed E-state index contributed by atoms with van der Waals surface area (Å²) in [4.78, 5) is 23.7. The first-order chi connectivity index (χ1) is 15.2. The maximum atomic E-state index is 12.1. The van der Waals surface area contributed by atoms with Crippen LogP contribution in [0.5, 0.6) is 5.75 Å². The second kappa shape index (κ2) is 12.7. The molecular formula is C25H34N2O5. The molecule has 0 radical (unpaired) electrons. The van der Waals surface area contributed by atoms with E-state index in [-0.39, 0.29) is 6.61 Å². The van der Waals surface area contributed by atoms with Gasteiger partial charge in [0.25, 0.3) is 0 Å². The molecule has 1 amide bonds. The van der Waals surface area contributed by atoms with Gasteiger partial charge in [0.1, 0.15) is 30.6 Å². The van der Waals surface area contributed by atoms with Crippen molar-refractivity contribution in [2.75, 3.05) is 6.54 Å². The topological polar surface area (TPSA) is 99.9 Å². The number of alkyl carbamates (subject to hydrolysis) is 1. The third-order valence-corrected chi connectivity index (χ3v) is 4.47. The molecule has 0 saturated heterocycles. The Morgan fingerprint density at radius 3 is 2.25 bits per heavy atom. The van der Waals surface area contributed by atoms with Crippen LogP contribution in [0, 0.1) is 0 Å². The molecule has 0 aliphatic heterocycles. The van der Waals surface area contributed by atoms with Crippen LogP contribution in [-0.2, 0) is 27.5 Å². The third kappa shape index (κ3) is 10.3. The number of carbonyl (C=O) groups is 2. The van der Waals surface area contributed by atoms with Crippen LogP contribution in [0.2, 0.25) is 0 Å². The molecular weight excluding hydrogens is 408 g/mol. The highest BCUT2D eigenvalue weighted by Gasteiger charge is 2.16. The molecule has 0 aliphatic carbocycles. The molecule has 0 heterocycles. The number of ether oxygens (including phenoxy) is 3. The van der Waals surface area contributed by atoms with Gasteiger partial charge >= 0.3 is 12.1 Å². The lowest BCUT2D eigenvalue weighted by Crippen LogP contribution is -2.34. The van der Waals surface area contributed by atoms with Crippen molar-refractivity contribution in [3.8, 4) is 5.75 Å². The summed E-state index contributed by atoms with van der Waals surface area (Å²) < 4.78 is 16.2. The van der Waals surface area contributed by atoms with Gasteiger partial charge in [0.2, 0.25) is 0 Å². The van der Waals surface area contributed by atoms with Crippen LogP contribution in [0.1, 0.15) is 51.2 Å². The van der Waals surface area contributed by atoms with Crippen molar-refractivity contribution in [2.45, 2.75) is 64.9 Å². The van der Waals surface area contributed by atoms with Crippen LogP contribution in [0.4, 0.5) is 4.79 Å². The molecule has 0 saturated carbocycles. The van der Waals surface area contributed by atoms with Gasteiger partial charge in [-0.2, -0.15) is 0 Å². The predicted octanol–water partition coefficient (Wildman–Crippen LogP) is 4.33. The number of carbonyl (C=O) groups excluding carboxylic acids is 2. The Bertz CT molecular complexity index is 832. The standard InChI is InChI=1S/C25H34N2O5/c1-25(2,3)32-24(29)27-16-8-7-11-22(26)23(28)31-18-20-12-14-21(15-13-20)30-17-19-9-5-4-6-10-19/h4-6,9-10,12-15,22H,7-8,11,16-18,26H2,1-3H3,(H,27,29)/t22-/m0/s1. The van der Waals surface area contributed by atoms with Gasteiger partial charge in [-0.15, -0.1) is 0 Å². The molecule has 174 valence electrons. The number of benzene rings is 2. The second-order valence-electron chi connectivity index (χ2n) is 8.56. The summed E-state index contributed by atoms with van der Waals surface area (Å²) in [6.45, 7) is 6.56. The Balaban J connectivity index is 1.60. The highest BCUT2D eigenvalue weighted by atomic mass is 16.6. The molecule has 0 aromatic heterocycles. The molecule has 2 aromatic rings. The van der Waals surface area contributed by atoms with E-state index in [9.17, 15) is 9.59 Å². The van der Waals surface area contributed by atoms with E-state index < -0.39 is 23.7 Å². The number of nitrogens with two attached hydrogens (primary N) is 1. The van der Waals surface area contributed by atoms with Crippen LogP contribution in [0.15, 0.2) is 54.6 Å². The Kier molecular flexibility index (Phi) is 10.0. The van der Waals surface area contributed by atoms with Crippen molar-refractivity contribution in [2.24, 2.45) is 5.73 Å². The van der Waals surface area contributed by atoms with Crippen molar-refractivity contribution < 1.29 is 23.8 Å². The average Bonchev–Trinajstić information content (AvgIpc) is 2.76. The van der Waals surface area contributed by atoms with E-state index in [0.717, 1.165) is 16.9 Å². The molecule has 7 heteroatoms. The molecule has 7 nitrogen and oxygen atoms in total. The van der Waals surface area contributed by atoms with E-state index >= 15 is 0 Å². The maximum Gasteiger partial charge on any atom is 0.407 e. The fraction of sp³-hybridized carbons (Fsp3) is 0.440. The SMILES string of the molecule is CC(C)(C)OC(=O)NCCCC[C@H](N)C(=O)OCc1ccc(OCc2ccccc2)cc1. The summed E-state index contributed by atoms with van der Waals surface area (Å²) in [5.74, 6) is 0.315. The lowest BCUT2D eigenvalue weighted by Gasteiger charge is -2.19. The lowest BCUT2D eigenvalue weighted by atomic mass is 10.1. The summed E-state index contributed by atoms with van der Waals surface area (Å²) >= 11 is 0. The zero-order chi connectivity index (χ0) is 23.4. The Morgan fingerprint density at radius 2 is 1.59 bits per heavy atom. The van der Waals surface area contributed by atoms with E-state index in [1.165, 1.54) is 0 Å². The normalized spacial score (nSPS) is 12.0. The van der Waals surface area contributed by atoms with Gasteiger partial charge in [0.05, 0.1) is 0 Å². The molecule has 0 spiro atoms. The fourth-order valence-electron chi connectivity index (χ4n) is 2.80. The minimum atomic E-state index is -0.690. The van der Waals surface area contributed by atoms with Crippen LogP contribution in [0.3, 0.4) is 0 Å². The first-order valence-electron chi connectivity index (χ1n) is 10.9. The molecule has 2 aromatic carbocycles. The highest BCUT2D eigenvalue weighted by molar-refractivity contribution is 5.75. The van der Waals surface area contributed by atoms with Gasteiger partial charge in [-0.05, 0) is 63.3 Å². The van der Waals surface area contributed by atoms with Crippen molar-refractivity contribution >= 4 is 12.1 Å². The summed E-state index contributed by atoms with van der Waals surface area (Å²) in [7, 11) is 0. The first-order valence-corrected chi connectivity index (χ1v) is 10.9. The van der Waals surface area contributed by atoms with E-state index in [1.807, 2.05) is 75.4 Å². The quantitative estimate of drug-likeness (QED) is 0.397. The number of hydrogen-bond donors (Lipinski definition) is 2. The second-order valence-corrected chi connectivity index (χ2v) is 8.56. The highest BCUT2D eigenvalue weighted by Crippen LogP contribution is 2.15. The zero-order valence-corrected chi connectivity index (χ0v) is 19.1. The lowest BCUT2D eigenvalue weighted by molar-refractivity contribution is -0.146. The Morgan fingerprint density at radius 1 is 0.938 bits per heavy atom. The largest absolute Gasteiger partial charge is 0.489 e. The molecule has 3 N–H and O–H groups in total. The van der Waals surface area contributed by atoms with Crippen LogP contribution in [-0.4, -0.2) is 30.3 Å². The zero-order valence-electron chi connectivity index (χ0n) is 19.1. The Labute approximate surface area is 190 Å². The van der Waals surface area contributed by atoms with Crippen LogP contribution < -0.4 is 15.8 Å². The minimum absolute atomic E-state index is 0.158. The van der Waals surface area contributed by atoms with Crippen LogP contribution in [0.25, 0.3) is 0 Å². The molecule has 1 atom stereocenters. The summed E-state index contributed by atoms with van der Waals surface area (Å²) in [5.41, 5.74) is 7.35. The van der Waals surface area contributed by atoms with Gasteiger partial charge < -0.3 is 25.3 Å². The van der Waals surface area contributed by atoms with Crippen LogP contribution >= 0.6 is 0 Å². The third-order valence-electron chi connectivity index (χ3n) is 4.47. The summed E-state index contributed by atoms with van der Waals surface area (Å²) in [6, 6.07) is 16.7. The average molecular weight is 443 g/mol. The fourth-order valence-corrected chi connectivity index (χ4v) is 2.80. The van der Waals surface area contributed by atoms with E-state index in [1.54, 1.807) is 0 Å². The predicted molar refractivity (Wildman–Crippen MR) is 123 cm³/mol. The summed E-state index contributed by atoms with van der Waals surface area (Å²) in [5, 5.41) is 2.68. The molecule has 0 unspecified atom stereocenters. The molecule has 32 heavy (non-hydrogen) atoms. The molecule has 2 rings (SSSR count). The Hall–Kier alpha value is -3.06. The summed E-state index contributed by atoms with van der Waals surface area (Å²) in [6.07, 6.45) is 1.43. The van der Waals surface area contributed by atoms with Gasteiger partial charge in [0, 0.05) is 6.54 Å². The van der Waals surface area contributed by atoms with Crippen molar-refractivity contribution in [1.82, 2.24) is 5.32 Å². The number of unbranched alkanes of at least 4 members (excludes halogenated alkanes) is 1. The minimum Gasteiger partial charge on any atom is -0.489 e. The van der Waals surface area contributed by atoms with Gasteiger partial charge in [-0.3, -0.25) is 4.79 Å². The van der Waals surface area contributed by atoms with Crippen molar-refractivity contribution in [3.63, 3.8) is 0 Å². The number of rotatable bonds is 11. The van der Waals surface area contributed by atoms with Gasteiger partial charge in [-0.25, -0.2) is 4.79 Å². The first kappa shape index (κ1) is 25.2. The molecule has 0 bridgehead atoms. The van der Waals surface area contributed by atoms with Gasteiger partial charge in [-0.1, -0.05) is 42.5 Å². The van der Waals surface area contributed by atoms with E-state index in [0.29, 0.717) is 32.4 Å². The number of nitrogens with one attached hydrogen (secondary N) is 1. The van der Waals surface area contributed by atoms with E-state index in [4.69, 9.17) is 19.9 Å². The molecule has 0 aliphatic rings. The molecule has 0 fully saturated rings. The van der Waals surface area contributed by atoms with Crippen molar-refractivity contribution in [3.05, 3.63) is 65.7 Å². The maximum absolute atomic E-state index is 12.1. The smallest absolute Gasteiger partial charge is 0.407 e. The number of hydrogen-bond acceptors (Lipinski definition) is 6. The van der Waals surface area contributed by atoms with Crippen molar-refractivity contribution in [1.29, 1.82) is 0 Å².